The molecule has 2 rings (SSSR count). The van der Waals surface area contributed by atoms with Gasteiger partial charge in [0, 0.05) is 24.2 Å². The Morgan fingerprint density at radius 1 is 0.600 bits per heavy atom. The largest absolute Gasteiger partial charge is 0.469 e. The molecule has 0 aliphatic carbocycles. The molecular formula is C30H44N2O8. The average molecular weight is 561 g/mol. The van der Waals surface area contributed by atoms with Gasteiger partial charge in [0.25, 0.3) is 0 Å². The zero-order valence-electron chi connectivity index (χ0n) is 25.5. The highest BCUT2D eigenvalue weighted by molar-refractivity contribution is 5.91. The molecule has 0 radical (unpaired) electrons. The van der Waals surface area contributed by atoms with Gasteiger partial charge < -0.3 is 28.9 Å². The van der Waals surface area contributed by atoms with Crippen LogP contribution in [0.1, 0.15) is 109 Å². The molecule has 0 aliphatic heterocycles. The van der Waals surface area contributed by atoms with Gasteiger partial charge in [-0.2, -0.15) is 0 Å². The molecule has 0 aliphatic rings. The number of ether oxygens (including phenoxy) is 4. The number of carbonyl (C=O) groups excluding carboxylic acids is 4. The van der Waals surface area contributed by atoms with E-state index in [0.717, 1.165) is 33.6 Å². The average Bonchev–Trinajstić information content (AvgIpc) is 3.33. The molecule has 2 heterocycles. The Hall–Kier alpha value is -3.56. The van der Waals surface area contributed by atoms with Crippen molar-refractivity contribution in [1.82, 2.24) is 9.97 Å². The summed E-state index contributed by atoms with van der Waals surface area (Å²) in [5.41, 5.74) is 4.04. The summed E-state index contributed by atoms with van der Waals surface area (Å²) >= 11 is 0. The summed E-state index contributed by atoms with van der Waals surface area (Å²) in [6, 6.07) is 0. The summed E-state index contributed by atoms with van der Waals surface area (Å²) in [5.74, 6) is -1.65. The second-order valence-electron chi connectivity index (χ2n) is 11.8. The second-order valence-corrected chi connectivity index (χ2v) is 11.8. The number of rotatable bonds is 11. The zero-order chi connectivity index (χ0) is 30.4. The van der Waals surface area contributed by atoms with Crippen molar-refractivity contribution in [1.29, 1.82) is 0 Å². The molecule has 0 fully saturated rings. The quantitative estimate of drug-likeness (QED) is 0.293. The maximum atomic E-state index is 12.9. The number of carbonyl (C=O) groups is 4. The Balaban J connectivity index is 2.46. The van der Waals surface area contributed by atoms with Crippen LogP contribution in [0.2, 0.25) is 0 Å². The Morgan fingerprint density at radius 2 is 0.925 bits per heavy atom. The number of aryl methyl sites for hydroxylation is 2. The van der Waals surface area contributed by atoms with E-state index in [1.54, 1.807) is 41.5 Å². The molecule has 2 N–H and O–H groups in total. The molecule has 0 spiro atoms. The molecular weight excluding hydrogens is 516 g/mol. The van der Waals surface area contributed by atoms with E-state index in [1.807, 2.05) is 13.8 Å². The van der Waals surface area contributed by atoms with E-state index in [1.165, 1.54) is 14.2 Å². The van der Waals surface area contributed by atoms with Crippen molar-refractivity contribution in [3.8, 4) is 0 Å². The number of esters is 4. The first-order valence-corrected chi connectivity index (χ1v) is 13.5. The number of H-pyrrole nitrogens is 2. The van der Waals surface area contributed by atoms with Crippen LogP contribution in [0.15, 0.2) is 0 Å². The number of nitrogens with one attached hydrogen (secondary N) is 2. The van der Waals surface area contributed by atoms with Crippen molar-refractivity contribution in [2.24, 2.45) is 0 Å². The first-order valence-electron chi connectivity index (χ1n) is 13.5. The van der Waals surface area contributed by atoms with Gasteiger partial charge in [0.1, 0.15) is 22.6 Å². The molecule has 0 saturated carbocycles. The third-order valence-corrected chi connectivity index (χ3v) is 6.38. The third kappa shape index (κ3) is 8.99. The van der Waals surface area contributed by atoms with Crippen LogP contribution in [0, 0.1) is 13.8 Å². The van der Waals surface area contributed by atoms with Gasteiger partial charge in [-0.1, -0.05) is 0 Å². The summed E-state index contributed by atoms with van der Waals surface area (Å²) in [6.45, 7) is 14.5. The van der Waals surface area contributed by atoms with E-state index in [9.17, 15) is 19.2 Å². The minimum Gasteiger partial charge on any atom is -0.469 e. The lowest BCUT2D eigenvalue weighted by molar-refractivity contribution is -0.141. The van der Waals surface area contributed by atoms with Gasteiger partial charge in [0.05, 0.1) is 14.2 Å². The van der Waals surface area contributed by atoms with E-state index >= 15 is 0 Å². The van der Waals surface area contributed by atoms with Crippen molar-refractivity contribution in [3.63, 3.8) is 0 Å². The van der Waals surface area contributed by atoms with Crippen molar-refractivity contribution >= 4 is 23.9 Å². The Labute approximate surface area is 236 Å². The number of aromatic amines is 2. The smallest absolute Gasteiger partial charge is 0.355 e. The van der Waals surface area contributed by atoms with Crippen molar-refractivity contribution < 1.29 is 38.1 Å². The fourth-order valence-electron chi connectivity index (χ4n) is 4.47. The van der Waals surface area contributed by atoms with E-state index in [2.05, 4.69) is 9.97 Å². The number of methoxy groups -OCH3 is 2. The third-order valence-electron chi connectivity index (χ3n) is 6.38. The fourth-order valence-corrected chi connectivity index (χ4v) is 4.47. The number of hydrogen-bond donors (Lipinski definition) is 2. The maximum absolute atomic E-state index is 12.9. The molecule has 2 aromatic heterocycles. The summed E-state index contributed by atoms with van der Waals surface area (Å²) in [6.07, 6.45) is 2.03. The maximum Gasteiger partial charge on any atom is 0.355 e. The molecule has 0 amide bonds. The molecule has 0 atom stereocenters. The van der Waals surface area contributed by atoms with E-state index in [4.69, 9.17) is 18.9 Å². The van der Waals surface area contributed by atoms with Crippen LogP contribution < -0.4 is 0 Å². The molecule has 0 aromatic carbocycles. The summed E-state index contributed by atoms with van der Waals surface area (Å²) in [7, 11) is 2.68. The molecule has 0 saturated heterocycles. The van der Waals surface area contributed by atoms with Crippen LogP contribution in [0.4, 0.5) is 0 Å². The lowest BCUT2D eigenvalue weighted by Crippen LogP contribution is -2.24. The van der Waals surface area contributed by atoms with Crippen molar-refractivity contribution in [3.05, 3.63) is 45.0 Å². The minimum atomic E-state index is -0.671. The van der Waals surface area contributed by atoms with Crippen LogP contribution in [0.3, 0.4) is 0 Å². The standard InChI is InChI=1S/C30H44N2O8/c1-17-19(11-15-23(33)37-9)21(31-25(17)27(35)39-29(3,4)5)13-14-22-20(12-16-24(34)38-10)18(2)26(32-22)28(36)40-30(6,7)8/h31-32H,11-16H2,1-10H3. The molecule has 0 bridgehead atoms. The fraction of sp³-hybridized carbons (Fsp3) is 0.600. The van der Waals surface area contributed by atoms with Crippen molar-refractivity contribution in [2.45, 2.75) is 105 Å². The summed E-state index contributed by atoms with van der Waals surface area (Å²) < 4.78 is 20.8. The van der Waals surface area contributed by atoms with Crippen LogP contribution in [-0.4, -0.2) is 59.3 Å². The molecule has 10 nitrogen and oxygen atoms in total. The SMILES string of the molecule is COC(=O)CCc1c(CCc2[nH]c(C(=O)OC(C)(C)C)c(C)c2CCC(=O)OC)[nH]c(C(=O)OC(C)(C)C)c1C. The van der Waals surface area contributed by atoms with E-state index in [0.29, 0.717) is 37.1 Å². The van der Waals surface area contributed by atoms with Crippen LogP contribution in [0.5, 0.6) is 0 Å². The lowest BCUT2D eigenvalue weighted by Gasteiger charge is -2.19. The van der Waals surface area contributed by atoms with E-state index < -0.39 is 23.1 Å². The second kappa shape index (κ2) is 13.2. The van der Waals surface area contributed by atoms with Gasteiger partial charge in [0.2, 0.25) is 0 Å². The van der Waals surface area contributed by atoms with Crippen LogP contribution in [0.25, 0.3) is 0 Å². The number of hydrogen-bond acceptors (Lipinski definition) is 8. The number of aromatic nitrogens is 2. The predicted molar refractivity (Wildman–Crippen MR) is 149 cm³/mol. The highest BCUT2D eigenvalue weighted by Crippen LogP contribution is 2.27. The van der Waals surface area contributed by atoms with Gasteiger partial charge in [-0.05, 0) is 103 Å². The summed E-state index contributed by atoms with van der Waals surface area (Å²) in [4.78, 5) is 56.1. The zero-order valence-corrected chi connectivity index (χ0v) is 25.5. The predicted octanol–water partition coefficient (Wildman–Crippen LogP) is 4.87. The van der Waals surface area contributed by atoms with E-state index in [-0.39, 0.29) is 24.8 Å². The van der Waals surface area contributed by atoms with Crippen molar-refractivity contribution in [2.75, 3.05) is 14.2 Å². The van der Waals surface area contributed by atoms with Gasteiger partial charge >= 0.3 is 23.9 Å². The van der Waals surface area contributed by atoms with Crippen LogP contribution >= 0.6 is 0 Å². The van der Waals surface area contributed by atoms with Gasteiger partial charge in [0.15, 0.2) is 0 Å². The normalized spacial score (nSPS) is 11.8. The Kier molecular flexibility index (Phi) is 10.8. The van der Waals surface area contributed by atoms with Gasteiger partial charge in [-0.25, -0.2) is 9.59 Å². The Bertz CT molecular complexity index is 1140. The van der Waals surface area contributed by atoms with Gasteiger partial charge in [-0.3, -0.25) is 9.59 Å². The molecule has 10 heteroatoms. The van der Waals surface area contributed by atoms with Gasteiger partial charge in [-0.15, -0.1) is 0 Å². The topological polar surface area (TPSA) is 137 Å². The highest BCUT2D eigenvalue weighted by Gasteiger charge is 2.27. The molecule has 2 aromatic rings. The first-order chi connectivity index (χ1) is 18.5. The molecule has 0 unspecified atom stereocenters. The monoisotopic (exact) mass is 560 g/mol. The molecule has 222 valence electrons. The molecule has 40 heavy (non-hydrogen) atoms. The minimum absolute atomic E-state index is 0.157. The lowest BCUT2D eigenvalue weighted by atomic mass is 9.98. The summed E-state index contributed by atoms with van der Waals surface area (Å²) in [5, 5.41) is 0. The highest BCUT2D eigenvalue weighted by atomic mass is 16.6. The van der Waals surface area contributed by atoms with Crippen LogP contribution in [-0.2, 0) is 54.2 Å². The first kappa shape index (κ1) is 32.7. The Morgan fingerprint density at radius 3 is 1.20 bits per heavy atom.